The second-order valence-electron chi connectivity index (χ2n) is 4.22. The third-order valence-electron chi connectivity index (χ3n) is 2.85. The molecule has 1 nitrogen and oxygen atoms in total. The van der Waals surface area contributed by atoms with Crippen molar-refractivity contribution >= 4 is 33.5 Å². The van der Waals surface area contributed by atoms with Crippen molar-refractivity contribution in [1.82, 2.24) is 0 Å². The second-order valence-corrected chi connectivity index (χ2v) is 6.18. The molecule has 0 spiro atoms. The zero-order valence-corrected chi connectivity index (χ0v) is 13.1. The molecule has 98 valence electrons. The molecular weight excluding hydrogens is 320 g/mol. The third-order valence-corrected chi connectivity index (χ3v) is 4.34. The fourth-order valence-corrected chi connectivity index (χ4v) is 3.12. The van der Waals surface area contributed by atoms with Crippen LogP contribution in [-0.4, -0.2) is 11.5 Å². The predicted octanol–water partition coefficient (Wildman–Crippen LogP) is 4.99. The molecule has 0 heterocycles. The average Bonchev–Trinajstić information content (AvgIpc) is 2.45. The molecule has 0 saturated carbocycles. The monoisotopic (exact) mass is 334 g/mol. The van der Waals surface area contributed by atoms with Crippen LogP contribution in [0.4, 0.5) is 0 Å². The molecule has 0 aliphatic heterocycles. The minimum Gasteiger partial charge on any atom is -0.293 e. The fourth-order valence-electron chi connectivity index (χ4n) is 1.72. The first-order valence-electron chi connectivity index (χ1n) is 6.19. The molecule has 0 bridgehead atoms. The number of ketones is 1. The van der Waals surface area contributed by atoms with Crippen LogP contribution < -0.4 is 0 Å². The zero-order chi connectivity index (χ0) is 13.7. The van der Waals surface area contributed by atoms with Crippen LogP contribution in [-0.2, 0) is 6.42 Å². The van der Waals surface area contributed by atoms with Crippen LogP contribution in [0.3, 0.4) is 0 Å². The summed E-state index contributed by atoms with van der Waals surface area (Å²) in [5.74, 6) is 0.648. The number of aryl methyl sites for hydroxylation is 1. The van der Waals surface area contributed by atoms with Crippen LogP contribution in [0.25, 0.3) is 0 Å². The number of carbonyl (C=O) groups excluding carboxylic acids is 1. The van der Waals surface area contributed by atoms with Gasteiger partial charge in [-0.15, -0.1) is 11.8 Å². The van der Waals surface area contributed by atoms with E-state index in [1.54, 1.807) is 11.8 Å². The van der Waals surface area contributed by atoms with Crippen molar-refractivity contribution in [3.63, 3.8) is 0 Å². The highest BCUT2D eigenvalue weighted by atomic mass is 79.9. The molecule has 0 N–H and O–H groups in total. The fraction of sp³-hybridized carbons (Fsp3) is 0.188. The van der Waals surface area contributed by atoms with Gasteiger partial charge in [0.05, 0.1) is 5.75 Å². The van der Waals surface area contributed by atoms with Gasteiger partial charge in [-0.3, -0.25) is 4.79 Å². The van der Waals surface area contributed by atoms with Gasteiger partial charge < -0.3 is 0 Å². The molecule has 19 heavy (non-hydrogen) atoms. The number of benzene rings is 2. The summed E-state index contributed by atoms with van der Waals surface area (Å²) in [6, 6.07) is 15.9. The van der Waals surface area contributed by atoms with Gasteiger partial charge in [-0.2, -0.15) is 0 Å². The van der Waals surface area contributed by atoms with Gasteiger partial charge in [0.2, 0.25) is 0 Å². The van der Waals surface area contributed by atoms with Crippen molar-refractivity contribution in [3.8, 4) is 0 Å². The van der Waals surface area contributed by atoms with E-state index in [2.05, 4.69) is 22.9 Å². The summed E-state index contributed by atoms with van der Waals surface area (Å²) in [5.41, 5.74) is 2.05. The number of hydrogen-bond donors (Lipinski definition) is 0. The number of hydrogen-bond acceptors (Lipinski definition) is 2. The first-order valence-corrected chi connectivity index (χ1v) is 7.97. The van der Waals surface area contributed by atoms with Crippen molar-refractivity contribution in [2.75, 3.05) is 5.75 Å². The summed E-state index contributed by atoms with van der Waals surface area (Å²) in [4.78, 5) is 13.2. The lowest BCUT2D eigenvalue weighted by molar-refractivity contribution is 0.102. The maximum Gasteiger partial charge on any atom is 0.173 e. The molecule has 3 heteroatoms. The number of halogens is 1. The SMILES string of the molecule is CCc1ccc(C(=O)CSc2cccc(Br)c2)cc1. The lowest BCUT2D eigenvalue weighted by Gasteiger charge is -2.03. The second kappa shape index (κ2) is 6.92. The largest absolute Gasteiger partial charge is 0.293 e. The smallest absolute Gasteiger partial charge is 0.173 e. The number of Topliss-reactive ketones (excluding diaryl/α,β-unsaturated/α-hetero) is 1. The van der Waals surface area contributed by atoms with Gasteiger partial charge in [0.25, 0.3) is 0 Å². The Labute approximate surface area is 126 Å². The van der Waals surface area contributed by atoms with E-state index < -0.39 is 0 Å². The van der Waals surface area contributed by atoms with Crippen molar-refractivity contribution in [2.45, 2.75) is 18.2 Å². The minimum atomic E-state index is 0.174. The van der Waals surface area contributed by atoms with Gasteiger partial charge in [-0.25, -0.2) is 0 Å². The van der Waals surface area contributed by atoms with Crippen LogP contribution in [0, 0.1) is 0 Å². The maximum absolute atomic E-state index is 12.1. The maximum atomic E-state index is 12.1. The van der Waals surface area contributed by atoms with E-state index in [-0.39, 0.29) is 5.78 Å². The summed E-state index contributed by atoms with van der Waals surface area (Å²) < 4.78 is 1.04. The standard InChI is InChI=1S/C16H15BrOS/c1-2-12-6-8-13(9-7-12)16(18)11-19-15-5-3-4-14(17)10-15/h3-10H,2,11H2,1H3. The molecular formula is C16H15BrOS. The predicted molar refractivity (Wildman–Crippen MR) is 85.0 cm³/mol. The molecule has 0 aromatic heterocycles. The van der Waals surface area contributed by atoms with E-state index in [1.165, 1.54) is 5.56 Å². The molecule has 2 aromatic carbocycles. The van der Waals surface area contributed by atoms with E-state index in [0.717, 1.165) is 21.4 Å². The Morgan fingerprint density at radius 2 is 1.89 bits per heavy atom. The Kier molecular flexibility index (Phi) is 5.23. The zero-order valence-electron chi connectivity index (χ0n) is 10.7. The summed E-state index contributed by atoms with van der Waals surface area (Å²) >= 11 is 5.00. The van der Waals surface area contributed by atoms with Gasteiger partial charge in [-0.05, 0) is 30.2 Å². The topological polar surface area (TPSA) is 17.1 Å². The van der Waals surface area contributed by atoms with Crippen molar-refractivity contribution in [1.29, 1.82) is 0 Å². The Hall–Kier alpha value is -1.06. The Bertz CT molecular complexity index is 563. The molecule has 0 amide bonds. The van der Waals surface area contributed by atoms with Crippen molar-refractivity contribution in [3.05, 3.63) is 64.1 Å². The van der Waals surface area contributed by atoms with Crippen LogP contribution in [0.5, 0.6) is 0 Å². The van der Waals surface area contributed by atoms with Gasteiger partial charge >= 0.3 is 0 Å². The molecule has 0 unspecified atom stereocenters. The summed E-state index contributed by atoms with van der Waals surface area (Å²) in [5, 5.41) is 0. The van der Waals surface area contributed by atoms with Gasteiger partial charge in [-0.1, -0.05) is 53.2 Å². The highest BCUT2D eigenvalue weighted by molar-refractivity contribution is 9.10. The number of thioether (sulfide) groups is 1. The normalized spacial score (nSPS) is 10.4. The highest BCUT2D eigenvalue weighted by Crippen LogP contribution is 2.22. The molecule has 0 atom stereocenters. The van der Waals surface area contributed by atoms with Crippen LogP contribution in [0.15, 0.2) is 57.9 Å². The molecule has 0 radical (unpaired) electrons. The Balaban J connectivity index is 1.97. The lowest BCUT2D eigenvalue weighted by Crippen LogP contribution is -2.02. The van der Waals surface area contributed by atoms with Crippen LogP contribution >= 0.6 is 27.7 Å². The Morgan fingerprint density at radius 1 is 1.16 bits per heavy atom. The van der Waals surface area contributed by atoms with E-state index in [9.17, 15) is 4.79 Å². The van der Waals surface area contributed by atoms with Crippen molar-refractivity contribution in [2.24, 2.45) is 0 Å². The first-order chi connectivity index (χ1) is 9.19. The van der Waals surface area contributed by atoms with Crippen LogP contribution in [0.1, 0.15) is 22.8 Å². The van der Waals surface area contributed by atoms with Gasteiger partial charge in [0, 0.05) is 14.9 Å². The summed E-state index contributed by atoms with van der Waals surface area (Å²) in [6.07, 6.45) is 1.00. The molecule has 0 saturated heterocycles. The first kappa shape index (κ1) is 14.4. The molecule has 0 aliphatic carbocycles. The minimum absolute atomic E-state index is 0.174. The summed E-state index contributed by atoms with van der Waals surface area (Å²) in [7, 11) is 0. The van der Waals surface area contributed by atoms with E-state index in [4.69, 9.17) is 0 Å². The molecule has 0 aliphatic rings. The van der Waals surface area contributed by atoms with Gasteiger partial charge in [0.1, 0.15) is 0 Å². The highest BCUT2D eigenvalue weighted by Gasteiger charge is 2.06. The third kappa shape index (κ3) is 4.22. The number of rotatable bonds is 5. The quantitative estimate of drug-likeness (QED) is 0.566. The molecule has 2 aromatic rings. The lowest BCUT2D eigenvalue weighted by atomic mass is 10.1. The molecule has 0 fully saturated rings. The Morgan fingerprint density at radius 3 is 2.53 bits per heavy atom. The van der Waals surface area contributed by atoms with E-state index >= 15 is 0 Å². The van der Waals surface area contributed by atoms with Gasteiger partial charge in [0.15, 0.2) is 5.78 Å². The average molecular weight is 335 g/mol. The number of carbonyl (C=O) groups is 1. The van der Waals surface area contributed by atoms with Crippen LogP contribution in [0.2, 0.25) is 0 Å². The summed E-state index contributed by atoms with van der Waals surface area (Å²) in [6.45, 7) is 2.11. The molecule has 2 rings (SSSR count). The van der Waals surface area contributed by atoms with Crippen molar-refractivity contribution < 1.29 is 4.79 Å². The van der Waals surface area contributed by atoms with E-state index in [0.29, 0.717) is 5.75 Å². The van der Waals surface area contributed by atoms with E-state index in [1.807, 2.05) is 48.5 Å².